The zero-order chi connectivity index (χ0) is 17.5. The van der Waals surface area contributed by atoms with Crippen molar-refractivity contribution in [2.45, 2.75) is 31.7 Å². The SMILES string of the molecule is NC(CC(=O)Nc1ccc(CCN2CCCC2)cc1)c1ccccc1. The van der Waals surface area contributed by atoms with E-state index in [9.17, 15) is 4.79 Å². The van der Waals surface area contributed by atoms with Gasteiger partial charge in [-0.2, -0.15) is 0 Å². The third kappa shape index (κ3) is 5.41. The zero-order valence-corrected chi connectivity index (χ0v) is 14.7. The van der Waals surface area contributed by atoms with Crippen molar-refractivity contribution >= 4 is 11.6 Å². The van der Waals surface area contributed by atoms with Crippen molar-refractivity contribution in [2.24, 2.45) is 5.73 Å². The van der Waals surface area contributed by atoms with E-state index in [1.165, 1.54) is 31.5 Å². The third-order valence-electron chi connectivity index (χ3n) is 4.79. The van der Waals surface area contributed by atoms with E-state index in [-0.39, 0.29) is 18.4 Å². The summed E-state index contributed by atoms with van der Waals surface area (Å²) in [5.74, 6) is -0.0545. The van der Waals surface area contributed by atoms with Crippen LogP contribution in [0.25, 0.3) is 0 Å². The standard InChI is InChI=1S/C21H27N3O/c22-20(18-6-2-1-3-7-18)16-21(25)23-19-10-8-17(9-11-19)12-15-24-13-4-5-14-24/h1-3,6-11,20H,4-5,12-16,22H2,(H,23,25). The van der Waals surface area contributed by atoms with Crippen LogP contribution in [0.5, 0.6) is 0 Å². The predicted octanol–water partition coefficient (Wildman–Crippen LogP) is 3.35. The Morgan fingerprint density at radius 1 is 1.04 bits per heavy atom. The number of carbonyl (C=O) groups is 1. The molecular formula is C21H27N3O. The molecule has 0 aromatic heterocycles. The van der Waals surface area contributed by atoms with Crippen LogP contribution in [0, 0.1) is 0 Å². The first-order valence-electron chi connectivity index (χ1n) is 9.12. The van der Waals surface area contributed by atoms with Gasteiger partial charge in [0.25, 0.3) is 0 Å². The van der Waals surface area contributed by atoms with E-state index in [2.05, 4.69) is 22.3 Å². The Morgan fingerprint density at radius 3 is 2.40 bits per heavy atom. The molecule has 1 aliphatic rings. The van der Waals surface area contributed by atoms with E-state index >= 15 is 0 Å². The van der Waals surface area contributed by atoms with Crippen molar-refractivity contribution in [1.29, 1.82) is 0 Å². The van der Waals surface area contributed by atoms with Crippen LogP contribution >= 0.6 is 0 Å². The van der Waals surface area contributed by atoms with E-state index in [4.69, 9.17) is 5.73 Å². The fourth-order valence-corrected chi connectivity index (χ4v) is 3.28. The maximum atomic E-state index is 12.2. The number of carbonyl (C=O) groups excluding carboxylic acids is 1. The summed E-state index contributed by atoms with van der Waals surface area (Å²) in [5, 5.41) is 2.94. The van der Waals surface area contributed by atoms with Gasteiger partial charge in [0, 0.05) is 24.7 Å². The number of hydrogen-bond donors (Lipinski definition) is 2. The van der Waals surface area contributed by atoms with Crippen LogP contribution in [0.15, 0.2) is 54.6 Å². The Labute approximate surface area is 150 Å². The molecule has 3 rings (SSSR count). The predicted molar refractivity (Wildman–Crippen MR) is 102 cm³/mol. The third-order valence-corrected chi connectivity index (χ3v) is 4.79. The lowest BCUT2D eigenvalue weighted by atomic mass is 10.0. The van der Waals surface area contributed by atoms with Crippen LogP contribution in [-0.2, 0) is 11.2 Å². The van der Waals surface area contributed by atoms with Crippen LogP contribution in [0.3, 0.4) is 0 Å². The summed E-state index contributed by atoms with van der Waals surface area (Å²) in [6.45, 7) is 3.59. The largest absolute Gasteiger partial charge is 0.326 e. The van der Waals surface area contributed by atoms with Crippen molar-refractivity contribution < 1.29 is 4.79 Å². The molecule has 0 spiro atoms. The highest BCUT2D eigenvalue weighted by atomic mass is 16.1. The fourth-order valence-electron chi connectivity index (χ4n) is 3.28. The number of hydrogen-bond acceptors (Lipinski definition) is 3. The summed E-state index contributed by atoms with van der Waals surface area (Å²) in [7, 11) is 0. The first-order chi connectivity index (χ1) is 12.2. The molecule has 1 fully saturated rings. The molecule has 2 aromatic rings. The highest BCUT2D eigenvalue weighted by Crippen LogP contribution is 2.16. The summed E-state index contributed by atoms with van der Waals surface area (Å²) in [6, 6.07) is 17.6. The summed E-state index contributed by atoms with van der Waals surface area (Å²) in [5.41, 5.74) is 9.23. The van der Waals surface area contributed by atoms with E-state index in [0.717, 1.165) is 24.2 Å². The van der Waals surface area contributed by atoms with Gasteiger partial charge < -0.3 is 16.0 Å². The topological polar surface area (TPSA) is 58.4 Å². The van der Waals surface area contributed by atoms with Gasteiger partial charge in [-0.3, -0.25) is 4.79 Å². The molecular weight excluding hydrogens is 310 g/mol. The lowest BCUT2D eigenvalue weighted by molar-refractivity contribution is -0.116. The minimum absolute atomic E-state index is 0.0545. The molecule has 0 radical (unpaired) electrons. The molecule has 25 heavy (non-hydrogen) atoms. The molecule has 0 aliphatic carbocycles. The summed E-state index contributed by atoms with van der Waals surface area (Å²) < 4.78 is 0. The molecule has 1 aliphatic heterocycles. The van der Waals surface area contributed by atoms with Gasteiger partial charge in [-0.15, -0.1) is 0 Å². The molecule has 1 heterocycles. The quantitative estimate of drug-likeness (QED) is 0.814. The number of nitrogens with one attached hydrogen (secondary N) is 1. The maximum absolute atomic E-state index is 12.2. The minimum atomic E-state index is -0.277. The minimum Gasteiger partial charge on any atom is -0.326 e. The molecule has 0 saturated carbocycles. The number of anilines is 1. The molecule has 2 aromatic carbocycles. The first-order valence-corrected chi connectivity index (χ1v) is 9.12. The molecule has 4 nitrogen and oxygen atoms in total. The van der Waals surface area contributed by atoms with Crippen molar-refractivity contribution in [3.8, 4) is 0 Å². The summed E-state index contributed by atoms with van der Waals surface area (Å²) in [4.78, 5) is 14.7. The smallest absolute Gasteiger partial charge is 0.226 e. The van der Waals surface area contributed by atoms with Crippen molar-refractivity contribution in [3.63, 3.8) is 0 Å². The molecule has 1 unspecified atom stereocenters. The second-order valence-corrected chi connectivity index (χ2v) is 6.77. The second kappa shape index (κ2) is 8.79. The van der Waals surface area contributed by atoms with Crippen LogP contribution in [-0.4, -0.2) is 30.4 Å². The number of likely N-dealkylation sites (tertiary alicyclic amines) is 1. The molecule has 1 atom stereocenters. The van der Waals surface area contributed by atoms with Gasteiger partial charge in [0.05, 0.1) is 0 Å². The lowest BCUT2D eigenvalue weighted by Crippen LogP contribution is -2.22. The normalized spacial score (nSPS) is 15.9. The van der Waals surface area contributed by atoms with Crippen LogP contribution in [0.2, 0.25) is 0 Å². The van der Waals surface area contributed by atoms with Gasteiger partial charge in [-0.05, 0) is 55.6 Å². The molecule has 1 amide bonds. The van der Waals surface area contributed by atoms with Gasteiger partial charge in [0.2, 0.25) is 5.91 Å². The van der Waals surface area contributed by atoms with Gasteiger partial charge >= 0.3 is 0 Å². The van der Waals surface area contributed by atoms with Crippen LogP contribution < -0.4 is 11.1 Å². The van der Waals surface area contributed by atoms with E-state index < -0.39 is 0 Å². The molecule has 3 N–H and O–H groups in total. The van der Waals surface area contributed by atoms with Crippen LogP contribution in [0.1, 0.15) is 36.4 Å². The molecule has 132 valence electrons. The highest BCUT2D eigenvalue weighted by Gasteiger charge is 2.12. The Kier molecular flexibility index (Phi) is 6.20. The average molecular weight is 337 g/mol. The van der Waals surface area contributed by atoms with Crippen molar-refractivity contribution in [3.05, 3.63) is 65.7 Å². The monoisotopic (exact) mass is 337 g/mol. The molecule has 1 saturated heterocycles. The molecule has 0 bridgehead atoms. The van der Waals surface area contributed by atoms with Gasteiger partial charge in [0.15, 0.2) is 0 Å². The number of amides is 1. The molecule has 4 heteroatoms. The Balaban J connectivity index is 1.46. The number of nitrogens with zero attached hydrogens (tertiary/aromatic N) is 1. The first kappa shape index (κ1) is 17.6. The number of rotatable bonds is 7. The summed E-state index contributed by atoms with van der Waals surface area (Å²) >= 11 is 0. The Bertz CT molecular complexity index is 663. The summed E-state index contributed by atoms with van der Waals surface area (Å²) in [6.07, 6.45) is 4.00. The Morgan fingerprint density at radius 2 is 1.72 bits per heavy atom. The Hall–Kier alpha value is -2.17. The van der Waals surface area contributed by atoms with E-state index in [1.54, 1.807) is 0 Å². The highest BCUT2D eigenvalue weighted by molar-refractivity contribution is 5.91. The van der Waals surface area contributed by atoms with Crippen LogP contribution in [0.4, 0.5) is 5.69 Å². The number of nitrogens with two attached hydrogens (primary N) is 1. The zero-order valence-electron chi connectivity index (χ0n) is 14.7. The lowest BCUT2D eigenvalue weighted by Gasteiger charge is -2.14. The van der Waals surface area contributed by atoms with Gasteiger partial charge in [0.1, 0.15) is 0 Å². The van der Waals surface area contributed by atoms with Crippen molar-refractivity contribution in [2.75, 3.05) is 25.0 Å². The van der Waals surface area contributed by atoms with E-state index in [0.29, 0.717) is 0 Å². The number of benzene rings is 2. The van der Waals surface area contributed by atoms with Gasteiger partial charge in [-0.1, -0.05) is 42.5 Å². The maximum Gasteiger partial charge on any atom is 0.226 e. The fraction of sp³-hybridized carbons (Fsp3) is 0.381. The average Bonchev–Trinajstić information content (AvgIpc) is 3.15. The van der Waals surface area contributed by atoms with E-state index in [1.807, 2.05) is 42.5 Å². The van der Waals surface area contributed by atoms with Gasteiger partial charge in [-0.25, -0.2) is 0 Å². The van der Waals surface area contributed by atoms with Crippen molar-refractivity contribution in [1.82, 2.24) is 4.90 Å². The second-order valence-electron chi connectivity index (χ2n) is 6.77.